The molecule has 2 aromatic heterocycles. The van der Waals surface area contributed by atoms with Gasteiger partial charge in [-0.25, -0.2) is 4.98 Å². The molecular formula is C19H15N3O3S. The van der Waals surface area contributed by atoms with E-state index in [9.17, 15) is 9.59 Å². The van der Waals surface area contributed by atoms with Gasteiger partial charge in [0.15, 0.2) is 5.13 Å². The van der Waals surface area contributed by atoms with Crippen LogP contribution in [0.25, 0.3) is 21.0 Å². The summed E-state index contributed by atoms with van der Waals surface area (Å²) in [6.07, 6.45) is 1.60. The van der Waals surface area contributed by atoms with E-state index in [0.29, 0.717) is 16.3 Å². The van der Waals surface area contributed by atoms with Crippen LogP contribution in [0.2, 0.25) is 0 Å². The fourth-order valence-corrected chi connectivity index (χ4v) is 3.71. The summed E-state index contributed by atoms with van der Waals surface area (Å²) in [6.45, 7) is -0.0814. The Kier molecular flexibility index (Phi) is 4.14. The van der Waals surface area contributed by atoms with Gasteiger partial charge in [-0.05, 0) is 30.3 Å². The first-order chi connectivity index (χ1) is 12.7. The fraction of sp³-hybridized carbons (Fsp3) is 0.105. The number of nitrogens with zero attached hydrogens (tertiary/aromatic N) is 2. The minimum Gasteiger partial charge on any atom is -0.496 e. The summed E-state index contributed by atoms with van der Waals surface area (Å²) in [6, 6.07) is 14.7. The molecule has 1 N–H and O–H groups in total. The van der Waals surface area contributed by atoms with E-state index in [1.165, 1.54) is 15.9 Å². The van der Waals surface area contributed by atoms with Gasteiger partial charge in [0.2, 0.25) is 5.91 Å². The van der Waals surface area contributed by atoms with Crippen molar-refractivity contribution in [1.82, 2.24) is 9.55 Å². The van der Waals surface area contributed by atoms with Crippen molar-refractivity contribution in [2.24, 2.45) is 0 Å². The smallest absolute Gasteiger partial charge is 0.259 e. The Bertz CT molecular complexity index is 1150. The molecule has 6 nitrogen and oxygen atoms in total. The van der Waals surface area contributed by atoms with Crippen LogP contribution in [0.5, 0.6) is 5.75 Å². The Morgan fingerprint density at radius 2 is 2.00 bits per heavy atom. The number of fused-ring (bicyclic) bond motifs is 2. The highest BCUT2D eigenvalue weighted by Gasteiger charge is 2.11. The van der Waals surface area contributed by atoms with Crippen LogP contribution in [0, 0.1) is 0 Å². The zero-order chi connectivity index (χ0) is 18.1. The summed E-state index contributed by atoms with van der Waals surface area (Å²) in [5, 5.41) is 4.52. The third-order valence-electron chi connectivity index (χ3n) is 4.05. The van der Waals surface area contributed by atoms with Crippen LogP contribution < -0.4 is 15.6 Å². The van der Waals surface area contributed by atoms with Gasteiger partial charge in [-0.1, -0.05) is 29.5 Å². The summed E-state index contributed by atoms with van der Waals surface area (Å²) in [5.74, 6) is 0.332. The molecule has 26 heavy (non-hydrogen) atoms. The average molecular weight is 365 g/mol. The van der Waals surface area contributed by atoms with Crippen molar-refractivity contribution in [3.63, 3.8) is 0 Å². The highest BCUT2D eigenvalue weighted by atomic mass is 32.1. The Labute approximate surface area is 152 Å². The minimum atomic E-state index is -0.298. The molecule has 0 saturated heterocycles. The lowest BCUT2D eigenvalue weighted by molar-refractivity contribution is -0.116. The number of hydrogen-bond acceptors (Lipinski definition) is 5. The Hall–Kier alpha value is -3.19. The lowest BCUT2D eigenvalue weighted by atomic mass is 10.1. The van der Waals surface area contributed by atoms with Crippen molar-refractivity contribution in [3.8, 4) is 5.75 Å². The number of nitrogens with one attached hydrogen (secondary N) is 1. The van der Waals surface area contributed by atoms with E-state index in [-0.39, 0.29) is 18.0 Å². The van der Waals surface area contributed by atoms with Gasteiger partial charge in [0.25, 0.3) is 5.56 Å². The number of para-hydroxylation sites is 1. The number of thiazole rings is 1. The predicted molar refractivity (Wildman–Crippen MR) is 103 cm³/mol. The van der Waals surface area contributed by atoms with Crippen molar-refractivity contribution in [3.05, 3.63) is 65.1 Å². The van der Waals surface area contributed by atoms with Gasteiger partial charge in [-0.15, -0.1) is 0 Å². The maximum Gasteiger partial charge on any atom is 0.259 e. The molecule has 0 saturated carbocycles. The molecule has 0 unspecified atom stereocenters. The summed E-state index contributed by atoms with van der Waals surface area (Å²) in [7, 11) is 1.56. The zero-order valence-corrected chi connectivity index (χ0v) is 14.7. The van der Waals surface area contributed by atoms with Gasteiger partial charge < -0.3 is 14.6 Å². The molecule has 4 rings (SSSR count). The molecule has 130 valence electrons. The Morgan fingerprint density at radius 1 is 1.15 bits per heavy atom. The average Bonchev–Trinajstić information content (AvgIpc) is 3.05. The Balaban J connectivity index is 1.59. The molecule has 1 amide bonds. The van der Waals surface area contributed by atoms with E-state index in [2.05, 4.69) is 10.3 Å². The van der Waals surface area contributed by atoms with Crippen LogP contribution in [0.15, 0.2) is 59.5 Å². The lowest BCUT2D eigenvalue weighted by Crippen LogP contribution is -2.27. The van der Waals surface area contributed by atoms with Gasteiger partial charge >= 0.3 is 0 Å². The summed E-state index contributed by atoms with van der Waals surface area (Å²) in [4.78, 5) is 29.4. The monoisotopic (exact) mass is 365 g/mol. The van der Waals surface area contributed by atoms with Crippen molar-refractivity contribution >= 4 is 43.4 Å². The highest BCUT2D eigenvalue weighted by Crippen LogP contribution is 2.25. The van der Waals surface area contributed by atoms with E-state index < -0.39 is 0 Å². The largest absolute Gasteiger partial charge is 0.496 e. The maximum absolute atomic E-state index is 12.6. The summed E-state index contributed by atoms with van der Waals surface area (Å²) >= 11 is 1.40. The van der Waals surface area contributed by atoms with Crippen molar-refractivity contribution < 1.29 is 9.53 Å². The normalized spacial score (nSPS) is 11.0. The van der Waals surface area contributed by atoms with E-state index in [4.69, 9.17) is 4.74 Å². The number of pyridine rings is 1. The molecule has 7 heteroatoms. The Morgan fingerprint density at radius 3 is 2.81 bits per heavy atom. The van der Waals surface area contributed by atoms with Crippen LogP contribution in [-0.4, -0.2) is 22.6 Å². The van der Waals surface area contributed by atoms with Crippen LogP contribution in [0.1, 0.15) is 0 Å². The highest BCUT2D eigenvalue weighted by molar-refractivity contribution is 7.22. The second-order valence-corrected chi connectivity index (χ2v) is 6.74. The molecule has 2 heterocycles. The molecule has 0 atom stereocenters. The molecular weight excluding hydrogens is 350 g/mol. The van der Waals surface area contributed by atoms with Crippen molar-refractivity contribution in [2.75, 3.05) is 12.4 Å². The number of anilines is 1. The SMILES string of the molecule is COc1cccc2c(=O)n(CC(=O)Nc3nc4ccccc4s3)ccc12. The quantitative estimate of drug-likeness (QED) is 0.602. The van der Waals surface area contributed by atoms with E-state index >= 15 is 0 Å². The molecule has 0 fully saturated rings. The van der Waals surface area contributed by atoms with Gasteiger partial charge in [-0.3, -0.25) is 9.59 Å². The standard InChI is InChI=1S/C19H15N3O3S/c1-25-15-7-4-5-13-12(15)9-10-22(18(13)24)11-17(23)21-19-20-14-6-2-3-8-16(14)26-19/h2-10H,11H2,1H3,(H,20,21,23). The van der Waals surface area contributed by atoms with Crippen LogP contribution in [-0.2, 0) is 11.3 Å². The van der Waals surface area contributed by atoms with E-state index in [0.717, 1.165) is 15.6 Å². The fourth-order valence-electron chi connectivity index (χ4n) is 2.83. The number of ether oxygens (including phenoxy) is 1. The van der Waals surface area contributed by atoms with E-state index in [1.54, 1.807) is 37.6 Å². The molecule has 4 aromatic rings. The molecule has 0 aliphatic rings. The number of benzene rings is 2. The molecule has 0 aliphatic heterocycles. The first-order valence-electron chi connectivity index (χ1n) is 7.97. The summed E-state index contributed by atoms with van der Waals surface area (Å²) in [5.41, 5.74) is 0.601. The lowest BCUT2D eigenvalue weighted by Gasteiger charge is -2.09. The van der Waals surface area contributed by atoms with Crippen molar-refractivity contribution in [2.45, 2.75) is 6.54 Å². The third kappa shape index (κ3) is 2.93. The maximum atomic E-state index is 12.6. The molecule has 0 aliphatic carbocycles. The second-order valence-electron chi connectivity index (χ2n) is 5.71. The number of amides is 1. The molecule has 0 spiro atoms. The number of carbonyl (C=O) groups excluding carboxylic acids is 1. The number of hydrogen-bond donors (Lipinski definition) is 1. The van der Waals surface area contributed by atoms with Crippen LogP contribution in [0.3, 0.4) is 0 Å². The zero-order valence-electron chi connectivity index (χ0n) is 13.9. The van der Waals surface area contributed by atoms with Crippen LogP contribution in [0.4, 0.5) is 5.13 Å². The first-order valence-corrected chi connectivity index (χ1v) is 8.79. The van der Waals surface area contributed by atoms with Crippen molar-refractivity contribution in [1.29, 1.82) is 0 Å². The first kappa shape index (κ1) is 16.3. The number of rotatable bonds is 4. The van der Waals surface area contributed by atoms with Gasteiger partial charge in [0.1, 0.15) is 12.3 Å². The third-order valence-corrected chi connectivity index (χ3v) is 5.00. The minimum absolute atomic E-state index is 0.0814. The van der Waals surface area contributed by atoms with Gasteiger partial charge in [0, 0.05) is 11.6 Å². The van der Waals surface area contributed by atoms with Crippen LogP contribution >= 0.6 is 11.3 Å². The second kappa shape index (κ2) is 6.61. The predicted octanol–water partition coefficient (Wildman–Crippen LogP) is 3.26. The van der Waals surface area contributed by atoms with E-state index in [1.807, 2.05) is 24.3 Å². The number of aromatic nitrogens is 2. The van der Waals surface area contributed by atoms with Gasteiger partial charge in [-0.2, -0.15) is 0 Å². The molecule has 2 aromatic carbocycles. The molecule has 0 radical (unpaired) electrons. The number of carbonyl (C=O) groups is 1. The summed E-state index contributed by atoms with van der Waals surface area (Å²) < 4.78 is 7.65. The number of methoxy groups -OCH3 is 1. The van der Waals surface area contributed by atoms with Gasteiger partial charge in [0.05, 0.1) is 22.7 Å². The molecule has 0 bridgehead atoms. The topological polar surface area (TPSA) is 73.2 Å².